The van der Waals surface area contributed by atoms with E-state index in [1.807, 2.05) is 67.6 Å². The Balaban J connectivity index is 2.04. The Hall–Kier alpha value is -3.53. The van der Waals surface area contributed by atoms with Crippen LogP contribution in [0.5, 0.6) is 5.75 Å². The number of carbonyl (C=O) groups is 1. The van der Waals surface area contributed by atoms with Gasteiger partial charge in [-0.1, -0.05) is 99.7 Å². The second-order valence-electron chi connectivity index (χ2n) is 9.17. The number of unbranched alkanes of at least 4 members (excludes halogenated alkanes) is 5. The second kappa shape index (κ2) is 15.6. The molecule has 3 aromatic carbocycles. The van der Waals surface area contributed by atoms with Gasteiger partial charge < -0.3 is 14.4 Å². The van der Waals surface area contributed by atoms with Gasteiger partial charge in [0.05, 0.1) is 13.7 Å². The lowest BCUT2D eigenvalue weighted by Gasteiger charge is -2.31. The maximum Gasteiger partial charge on any atom is 0.332 e. The van der Waals surface area contributed by atoms with Crippen LogP contribution < -0.4 is 9.64 Å². The quantitative estimate of drug-likeness (QED) is 0.157. The van der Waals surface area contributed by atoms with Crippen molar-refractivity contribution >= 4 is 17.2 Å². The standard InChI is InChI=1S/C33H41NO3/c1-4-6-7-8-9-16-25-34(29-21-23-30(36-3)24-22-29)32(33(35)37-5-2)26-31(27-17-12-10-13-18-27)28-19-14-11-15-20-28/h10-15,17-24,26,32H,4-9,16,25H2,1-3H3. The van der Waals surface area contributed by atoms with Crippen molar-refractivity contribution in [2.45, 2.75) is 58.4 Å². The van der Waals surface area contributed by atoms with Crippen molar-refractivity contribution in [3.8, 4) is 5.75 Å². The zero-order valence-electron chi connectivity index (χ0n) is 22.6. The van der Waals surface area contributed by atoms with Gasteiger partial charge in [-0.2, -0.15) is 0 Å². The van der Waals surface area contributed by atoms with Gasteiger partial charge in [-0.15, -0.1) is 0 Å². The van der Waals surface area contributed by atoms with Crippen molar-refractivity contribution in [1.29, 1.82) is 0 Å². The predicted octanol–water partition coefficient (Wildman–Crippen LogP) is 7.93. The lowest BCUT2D eigenvalue weighted by Crippen LogP contribution is -2.42. The molecular formula is C33H41NO3. The number of hydrogen-bond donors (Lipinski definition) is 0. The maximum atomic E-state index is 13.5. The van der Waals surface area contributed by atoms with E-state index in [9.17, 15) is 4.79 Å². The summed E-state index contributed by atoms with van der Waals surface area (Å²) >= 11 is 0. The summed E-state index contributed by atoms with van der Waals surface area (Å²) in [6.45, 7) is 5.19. The summed E-state index contributed by atoms with van der Waals surface area (Å²) in [5, 5.41) is 0. The summed E-state index contributed by atoms with van der Waals surface area (Å²) in [4.78, 5) is 15.7. The Labute approximate surface area is 222 Å². The van der Waals surface area contributed by atoms with Crippen LogP contribution in [0.3, 0.4) is 0 Å². The Kier molecular flexibility index (Phi) is 11.8. The normalized spacial score (nSPS) is 11.4. The van der Waals surface area contributed by atoms with E-state index < -0.39 is 6.04 Å². The first-order valence-electron chi connectivity index (χ1n) is 13.6. The van der Waals surface area contributed by atoms with Gasteiger partial charge in [0.25, 0.3) is 0 Å². The third-order valence-corrected chi connectivity index (χ3v) is 6.51. The fourth-order valence-electron chi connectivity index (χ4n) is 4.53. The van der Waals surface area contributed by atoms with Crippen molar-refractivity contribution in [3.63, 3.8) is 0 Å². The fourth-order valence-corrected chi connectivity index (χ4v) is 4.53. The molecule has 0 fully saturated rings. The maximum absolute atomic E-state index is 13.5. The number of methoxy groups -OCH3 is 1. The summed E-state index contributed by atoms with van der Waals surface area (Å²) in [5.74, 6) is 0.550. The van der Waals surface area contributed by atoms with Crippen LogP contribution in [-0.4, -0.2) is 32.3 Å². The van der Waals surface area contributed by atoms with E-state index in [4.69, 9.17) is 9.47 Å². The Morgan fingerprint density at radius 1 is 0.784 bits per heavy atom. The van der Waals surface area contributed by atoms with E-state index in [1.54, 1.807) is 7.11 Å². The van der Waals surface area contributed by atoms with E-state index >= 15 is 0 Å². The van der Waals surface area contributed by atoms with Crippen LogP contribution in [0.1, 0.15) is 63.5 Å². The highest BCUT2D eigenvalue weighted by atomic mass is 16.5. The number of ether oxygens (including phenoxy) is 2. The van der Waals surface area contributed by atoms with Crippen molar-refractivity contribution in [2.75, 3.05) is 25.2 Å². The van der Waals surface area contributed by atoms with Crippen LogP contribution in [0.4, 0.5) is 5.69 Å². The van der Waals surface area contributed by atoms with Crippen LogP contribution in [0.25, 0.3) is 5.57 Å². The molecule has 196 valence electrons. The average molecular weight is 500 g/mol. The minimum atomic E-state index is -0.570. The first kappa shape index (κ1) is 28.0. The third-order valence-electron chi connectivity index (χ3n) is 6.51. The number of hydrogen-bond acceptors (Lipinski definition) is 4. The molecular weight excluding hydrogens is 458 g/mol. The number of rotatable bonds is 15. The summed E-state index contributed by atoms with van der Waals surface area (Å²) in [6.07, 6.45) is 9.19. The molecule has 0 radical (unpaired) electrons. The molecule has 0 aliphatic carbocycles. The minimum Gasteiger partial charge on any atom is -0.497 e. The highest BCUT2D eigenvalue weighted by Gasteiger charge is 2.27. The average Bonchev–Trinajstić information content (AvgIpc) is 2.95. The van der Waals surface area contributed by atoms with Crippen molar-refractivity contribution in [1.82, 2.24) is 0 Å². The van der Waals surface area contributed by atoms with E-state index in [0.717, 1.165) is 47.5 Å². The van der Waals surface area contributed by atoms with Gasteiger partial charge in [0, 0.05) is 12.2 Å². The lowest BCUT2D eigenvalue weighted by molar-refractivity contribution is -0.143. The van der Waals surface area contributed by atoms with Gasteiger partial charge in [-0.3, -0.25) is 0 Å². The molecule has 0 heterocycles. The molecule has 1 unspecified atom stereocenters. The van der Waals surface area contributed by atoms with E-state index in [0.29, 0.717) is 6.61 Å². The molecule has 4 nitrogen and oxygen atoms in total. The number of nitrogens with zero attached hydrogens (tertiary/aromatic N) is 1. The summed E-state index contributed by atoms with van der Waals surface area (Å²) in [7, 11) is 1.67. The Bertz CT molecular complexity index is 1040. The zero-order chi connectivity index (χ0) is 26.3. The Morgan fingerprint density at radius 2 is 1.35 bits per heavy atom. The summed E-state index contributed by atoms with van der Waals surface area (Å²) < 4.78 is 11.0. The van der Waals surface area contributed by atoms with Gasteiger partial charge >= 0.3 is 5.97 Å². The molecule has 0 aliphatic rings. The van der Waals surface area contributed by atoms with Crippen molar-refractivity contribution in [2.24, 2.45) is 0 Å². The van der Waals surface area contributed by atoms with Crippen LogP contribution in [0.15, 0.2) is 91.0 Å². The zero-order valence-corrected chi connectivity index (χ0v) is 22.6. The second-order valence-corrected chi connectivity index (χ2v) is 9.17. The SMILES string of the molecule is CCCCCCCCN(c1ccc(OC)cc1)C(C=C(c1ccccc1)c1ccccc1)C(=O)OCC. The molecule has 0 aliphatic heterocycles. The molecule has 3 aromatic rings. The smallest absolute Gasteiger partial charge is 0.332 e. The number of anilines is 1. The lowest BCUT2D eigenvalue weighted by atomic mass is 9.95. The molecule has 4 heteroatoms. The van der Waals surface area contributed by atoms with Crippen LogP contribution in [0, 0.1) is 0 Å². The molecule has 0 bridgehead atoms. The largest absolute Gasteiger partial charge is 0.497 e. The number of carbonyl (C=O) groups excluding carboxylic acids is 1. The predicted molar refractivity (Wildman–Crippen MR) is 154 cm³/mol. The van der Waals surface area contributed by atoms with Crippen molar-refractivity contribution < 1.29 is 14.3 Å². The first-order valence-corrected chi connectivity index (χ1v) is 13.6. The van der Waals surface area contributed by atoms with E-state index in [2.05, 4.69) is 42.2 Å². The van der Waals surface area contributed by atoms with E-state index in [-0.39, 0.29) is 5.97 Å². The molecule has 37 heavy (non-hydrogen) atoms. The molecule has 3 rings (SSSR count). The number of benzene rings is 3. The van der Waals surface area contributed by atoms with Gasteiger partial charge in [0.2, 0.25) is 0 Å². The first-order chi connectivity index (χ1) is 18.2. The molecule has 0 N–H and O–H groups in total. The fraction of sp³-hybridized carbons (Fsp3) is 0.364. The number of esters is 1. The molecule has 0 aromatic heterocycles. The molecule has 0 spiro atoms. The Morgan fingerprint density at radius 3 is 1.89 bits per heavy atom. The minimum absolute atomic E-state index is 0.242. The van der Waals surface area contributed by atoms with Gasteiger partial charge in [-0.25, -0.2) is 4.79 Å². The molecule has 1 atom stereocenters. The highest BCUT2D eigenvalue weighted by molar-refractivity contribution is 5.89. The van der Waals surface area contributed by atoms with Crippen molar-refractivity contribution in [3.05, 3.63) is 102 Å². The van der Waals surface area contributed by atoms with Crippen LogP contribution in [-0.2, 0) is 9.53 Å². The van der Waals surface area contributed by atoms with Crippen LogP contribution >= 0.6 is 0 Å². The van der Waals surface area contributed by atoms with Gasteiger partial charge in [0.1, 0.15) is 11.8 Å². The monoisotopic (exact) mass is 499 g/mol. The molecule has 0 amide bonds. The highest BCUT2D eigenvalue weighted by Crippen LogP contribution is 2.28. The summed E-state index contributed by atoms with van der Waals surface area (Å²) in [6, 6.07) is 27.9. The topological polar surface area (TPSA) is 38.8 Å². The molecule has 0 saturated heterocycles. The van der Waals surface area contributed by atoms with Gasteiger partial charge in [0.15, 0.2) is 0 Å². The van der Waals surface area contributed by atoms with Crippen LogP contribution in [0.2, 0.25) is 0 Å². The van der Waals surface area contributed by atoms with E-state index in [1.165, 1.54) is 25.7 Å². The third kappa shape index (κ3) is 8.52. The van der Waals surface area contributed by atoms with Gasteiger partial charge in [-0.05, 0) is 60.4 Å². The molecule has 0 saturated carbocycles. The summed E-state index contributed by atoms with van der Waals surface area (Å²) in [5.41, 5.74) is 4.12.